The topological polar surface area (TPSA) is 57.2 Å². The summed E-state index contributed by atoms with van der Waals surface area (Å²) in [5, 5.41) is 1.87. The van der Waals surface area contributed by atoms with Gasteiger partial charge in [-0.2, -0.15) is 12.6 Å². The number of thiol groups is 1. The average molecular weight is 544 g/mol. The molecule has 39 heavy (non-hydrogen) atoms. The summed E-state index contributed by atoms with van der Waals surface area (Å²) in [5.41, 5.74) is 7.37. The lowest BCUT2D eigenvalue weighted by Crippen LogP contribution is -2.36. The average Bonchev–Trinajstić information content (AvgIpc) is 2.96. The Morgan fingerprint density at radius 2 is 1.64 bits per heavy atom. The second-order valence-corrected chi connectivity index (χ2v) is 9.91. The van der Waals surface area contributed by atoms with Gasteiger partial charge < -0.3 is 23.8 Å². The molecule has 1 aliphatic heterocycles. The third kappa shape index (κ3) is 5.42. The molecule has 0 amide bonds. The highest BCUT2D eigenvalue weighted by atomic mass is 32.1. The van der Waals surface area contributed by atoms with Crippen LogP contribution in [0.4, 0.5) is 5.69 Å². The molecule has 0 spiro atoms. The zero-order valence-corrected chi connectivity index (χ0v) is 23.6. The van der Waals surface area contributed by atoms with E-state index in [0.29, 0.717) is 36.2 Å². The van der Waals surface area contributed by atoms with E-state index in [1.165, 1.54) is 6.92 Å². The largest absolute Gasteiger partial charge is 0.497 e. The number of ether oxygens (including phenoxy) is 4. The van der Waals surface area contributed by atoms with E-state index in [2.05, 4.69) is 60.9 Å². The van der Waals surface area contributed by atoms with Gasteiger partial charge >= 0.3 is 5.97 Å². The monoisotopic (exact) mass is 543 g/mol. The van der Waals surface area contributed by atoms with Gasteiger partial charge in [0.1, 0.15) is 17.2 Å². The SMILES string of the molecule is COc1ccc(-c2cc3c(OC(C)=O)cc(C)c(-c4ccc(CS)cc4)c3cc2N2CCOCC2)c(OC)c1. The van der Waals surface area contributed by atoms with Gasteiger partial charge in [-0.05, 0) is 64.9 Å². The number of benzene rings is 4. The summed E-state index contributed by atoms with van der Waals surface area (Å²) in [6.07, 6.45) is 0. The first-order valence-electron chi connectivity index (χ1n) is 13.0. The molecule has 0 aromatic heterocycles. The van der Waals surface area contributed by atoms with E-state index in [1.54, 1.807) is 14.2 Å². The quantitative estimate of drug-likeness (QED) is 0.159. The zero-order valence-electron chi connectivity index (χ0n) is 22.7. The lowest BCUT2D eigenvalue weighted by Gasteiger charge is -2.32. The van der Waals surface area contributed by atoms with E-state index >= 15 is 0 Å². The molecule has 1 fully saturated rings. The summed E-state index contributed by atoms with van der Waals surface area (Å²) in [5.74, 6) is 2.27. The molecule has 5 rings (SSSR count). The maximum Gasteiger partial charge on any atom is 0.308 e. The van der Waals surface area contributed by atoms with Crippen molar-refractivity contribution in [1.82, 2.24) is 0 Å². The first-order chi connectivity index (χ1) is 18.9. The standard InChI is InChI=1S/C32H33NO5S/c1-20-15-31(38-21(2)34)27-17-26(25-10-9-24(35-3)16-30(25)36-4)29(33-11-13-37-14-12-33)18-28(27)32(20)23-7-5-22(19-39)6-8-23/h5-10,15-18,39H,11-14,19H2,1-4H3. The van der Waals surface area contributed by atoms with Gasteiger partial charge in [0.05, 0.1) is 27.4 Å². The first kappa shape index (κ1) is 26.9. The molecule has 6 nitrogen and oxygen atoms in total. The normalized spacial score (nSPS) is 13.4. The molecule has 1 heterocycles. The maximum atomic E-state index is 12.1. The van der Waals surface area contributed by atoms with Crippen LogP contribution in [0.2, 0.25) is 0 Å². The number of hydrogen-bond acceptors (Lipinski definition) is 7. The van der Waals surface area contributed by atoms with Crippen molar-refractivity contribution in [3.63, 3.8) is 0 Å². The van der Waals surface area contributed by atoms with Crippen LogP contribution in [0, 0.1) is 6.92 Å². The third-order valence-electron chi connectivity index (χ3n) is 7.14. The smallest absolute Gasteiger partial charge is 0.308 e. The Kier molecular flexibility index (Phi) is 8.00. The molecule has 0 radical (unpaired) electrons. The number of carbonyl (C=O) groups is 1. The molecule has 0 atom stereocenters. The Balaban J connectivity index is 1.84. The Morgan fingerprint density at radius 3 is 2.28 bits per heavy atom. The van der Waals surface area contributed by atoms with Crippen LogP contribution in [0.15, 0.2) is 60.7 Å². The number of esters is 1. The summed E-state index contributed by atoms with van der Waals surface area (Å²) in [6.45, 7) is 6.34. The van der Waals surface area contributed by atoms with Crippen molar-refractivity contribution in [2.75, 3.05) is 45.4 Å². The lowest BCUT2D eigenvalue weighted by molar-refractivity contribution is -0.131. The van der Waals surface area contributed by atoms with Crippen LogP contribution < -0.4 is 19.1 Å². The van der Waals surface area contributed by atoms with Gasteiger partial charge in [0.15, 0.2) is 0 Å². The lowest BCUT2D eigenvalue weighted by atomic mass is 9.89. The molecule has 0 bridgehead atoms. The van der Waals surface area contributed by atoms with Crippen LogP contribution in [-0.4, -0.2) is 46.5 Å². The fourth-order valence-corrected chi connectivity index (χ4v) is 5.47. The molecule has 4 aromatic carbocycles. The number of nitrogens with zero attached hydrogens (tertiary/aromatic N) is 1. The number of aryl methyl sites for hydroxylation is 1. The highest BCUT2D eigenvalue weighted by Crippen LogP contribution is 2.46. The molecule has 0 aliphatic carbocycles. The number of hydrogen-bond donors (Lipinski definition) is 1. The Morgan fingerprint density at radius 1 is 0.897 bits per heavy atom. The van der Waals surface area contributed by atoms with E-state index in [4.69, 9.17) is 18.9 Å². The van der Waals surface area contributed by atoms with Crippen molar-refractivity contribution in [2.45, 2.75) is 19.6 Å². The number of fused-ring (bicyclic) bond motifs is 1. The Labute approximate surface area is 234 Å². The molecular formula is C32H33NO5S. The molecule has 4 aromatic rings. The van der Waals surface area contributed by atoms with Crippen LogP contribution in [-0.2, 0) is 15.3 Å². The van der Waals surface area contributed by atoms with Gasteiger partial charge in [-0.3, -0.25) is 4.79 Å². The van der Waals surface area contributed by atoms with Crippen LogP contribution in [0.1, 0.15) is 18.1 Å². The number of rotatable bonds is 7. The van der Waals surface area contributed by atoms with E-state index in [1.807, 2.05) is 24.3 Å². The third-order valence-corrected chi connectivity index (χ3v) is 7.51. The molecule has 1 aliphatic rings. The van der Waals surface area contributed by atoms with Crippen LogP contribution >= 0.6 is 12.6 Å². The zero-order chi connectivity index (χ0) is 27.5. The number of morpholine rings is 1. The van der Waals surface area contributed by atoms with Crippen molar-refractivity contribution in [2.24, 2.45) is 0 Å². The fraction of sp³-hybridized carbons (Fsp3) is 0.281. The maximum absolute atomic E-state index is 12.1. The van der Waals surface area contributed by atoms with Gasteiger partial charge in [0.25, 0.3) is 0 Å². The minimum atomic E-state index is -0.359. The molecule has 0 saturated carbocycles. The number of methoxy groups -OCH3 is 2. The van der Waals surface area contributed by atoms with Gasteiger partial charge in [0, 0.05) is 54.0 Å². The van der Waals surface area contributed by atoms with Crippen LogP contribution in [0.5, 0.6) is 17.2 Å². The predicted octanol–water partition coefficient (Wildman–Crippen LogP) is 6.69. The number of anilines is 1. The summed E-state index contributed by atoms with van der Waals surface area (Å²) in [7, 11) is 3.30. The highest BCUT2D eigenvalue weighted by molar-refractivity contribution is 7.79. The summed E-state index contributed by atoms with van der Waals surface area (Å²) in [6, 6.07) is 20.6. The van der Waals surface area contributed by atoms with Crippen molar-refractivity contribution in [1.29, 1.82) is 0 Å². The van der Waals surface area contributed by atoms with Crippen molar-refractivity contribution < 1.29 is 23.7 Å². The Bertz CT molecular complexity index is 1510. The van der Waals surface area contributed by atoms with Crippen LogP contribution in [0.3, 0.4) is 0 Å². The fourth-order valence-electron chi connectivity index (χ4n) is 5.26. The molecular weight excluding hydrogens is 510 g/mol. The minimum absolute atomic E-state index is 0.359. The van der Waals surface area contributed by atoms with Crippen LogP contribution in [0.25, 0.3) is 33.0 Å². The van der Waals surface area contributed by atoms with Gasteiger partial charge in [0.2, 0.25) is 0 Å². The molecule has 7 heteroatoms. The summed E-state index contributed by atoms with van der Waals surface area (Å²) in [4.78, 5) is 14.5. The van der Waals surface area contributed by atoms with Crippen molar-refractivity contribution in [3.8, 4) is 39.5 Å². The Hall–Kier alpha value is -3.68. The van der Waals surface area contributed by atoms with E-state index in [0.717, 1.165) is 62.9 Å². The second-order valence-electron chi connectivity index (χ2n) is 9.60. The summed E-state index contributed by atoms with van der Waals surface area (Å²) >= 11 is 4.42. The highest BCUT2D eigenvalue weighted by Gasteiger charge is 2.23. The molecule has 202 valence electrons. The van der Waals surface area contributed by atoms with Crippen molar-refractivity contribution >= 4 is 35.1 Å². The molecule has 0 N–H and O–H groups in total. The minimum Gasteiger partial charge on any atom is -0.497 e. The van der Waals surface area contributed by atoms with E-state index in [9.17, 15) is 4.79 Å². The number of carbonyl (C=O) groups excluding carboxylic acids is 1. The van der Waals surface area contributed by atoms with E-state index in [-0.39, 0.29) is 5.97 Å². The second kappa shape index (κ2) is 11.6. The van der Waals surface area contributed by atoms with Gasteiger partial charge in [-0.25, -0.2) is 0 Å². The molecule has 1 saturated heterocycles. The molecule has 0 unspecified atom stereocenters. The van der Waals surface area contributed by atoms with Gasteiger partial charge in [-0.15, -0.1) is 0 Å². The van der Waals surface area contributed by atoms with Crippen molar-refractivity contribution in [3.05, 3.63) is 71.8 Å². The summed E-state index contributed by atoms with van der Waals surface area (Å²) < 4.78 is 22.7. The first-order valence-corrected chi connectivity index (χ1v) is 13.6. The van der Waals surface area contributed by atoms with Gasteiger partial charge in [-0.1, -0.05) is 24.3 Å². The predicted molar refractivity (Wildman–Crippen MR) is 160 cm³/mol. The van der Waals surface area contributed by atoms with E-state index < -0.39 is 0 Å².